The fourth-order valence-electron chi connectivity index (χ4n) is 8.78. The topological polar surface area (TPSA) is 108 Å². The minimum Gasteiger partial charge on any atom is -0.381 e. The molecular formula is C32H46N4O6S2. The highest BCUT2D eigenvalue weighted by atomic mass is 32.2. The van der Waals surface area contributed by atoms with E-state index in [0.29, 0.717) is 56.2 Å². The van der Waals surface area contributed by atoms with Gasteiger partial charge in [-0.05, 0) is 79.6 Å². The van der Waals surface area contributed by atoms with Gasteiger partial charge in [-0.25, -0.2) is 9.59 Å². The molecule has 10 nitrogen and oxygen atoms in total. The maximum absolute atomic E-state index is 14.1. The molecule has 0 aromatic heterocycles. The van der Waals surface area contributed by atoms with Crippen molar-refractivity contribution in [2.24, 2.45) is 22.7 Å². The molecule has 3 saturated carbocycles. The molecule has 12 heteroatoms. The average Bonchev–Trinajstić information content (AvgIpc) is 3.09. The number of thioether (sulfide) groups is 2. The molecule has 6 aliphatic rings. The Balaban J connectivity index is 1.20. The van der Waals surface area contributed by atoms with Gasteiger partial charge in [0.25, 0.3) is 17.7 Å². The highest BCUT2D eigenvalue weighted by Crippen LogP contribution is 2.61. The van der Waals surface area contributed by atoms with E-state index in [2.05, 4.69) is 13.8 Å². The molecule has 6 fully saturated rings. The normalized spacial score (nSPS) is 30.4. The number of amides is 7. The largest absolute Gasteiger partial charge is 0.381 e. The number of nitrogens with zero attached hydrogens (tertiary/aromatic N) is 4. The average molecular weight is 647 g/mol. The number of hydrogen-bond donors (Lipinski definition) is 0. The van der Waals surface area contributed by atoms with Gasteiger partial charge in [0.1, 0.15) is 11.1 Å². The highest BCUT2D eigenvalue weighted by molar-refractivity contribution is 8.22. The van der Waals surface area contributed by atoms with E-state index in [9.17, 15) is 24.0 Å². The quantitative estimate of drug-likeness (QED) is 0.197. The van der Waals surface area contributed by atoms with Gasteiger partial charge < -0.3 is 9.64 Å². The summed E-state index contributed by atoms with van der Waals surface area (Å²) in [4.78, 5) is 74.1. The predicted octanol–water partition coefficient (Wildman–Crippen LogP) is 4.93. The molecule has 44 heavy (non-hydrogen) atoms. The third-order valence-electron chi connectivity index (χ3n) is 10.8. The lowest BCUT2D eigenvalue weighted by Crippen LogP contribution is -2.66. The van der Waals surface area contributed by atoms with Crippen LogP contribution in [0.5, 0.6) is 0 Å². The first-order valence-electron chi connectivity index (χ1n) is 16.2. The smallest absolute Gasteiger partial charge is 0.334 e. The maximum Gasteiger partial charge on any atom is 0.334 e. The van der Waals surface area contributed by atoms with Crippen molar-refractivity contribution in [2.75, 3.05) is 44.9 Å². The minimum atomic E-state index is -0.787. The summed E-state index contributed by atoms with van der Waals surface area (Å²) < 4.78 is 6.04. The van der Waals surface area contributed by atoms with E-state index in [4.69, 9.17) is 4.74 Å². The van der Waals surface area contributed by atoms with Gasteiger partial charge in [0, 0.05) is 32.1 Å². The van der Waals surface area contributed by atoms with E-state index in [1.165, 1.54) is 38.2 Å². The minimum absolute atomic E-state index is 0.0964. The number of ether oxygens (including phenoxy) is 1. The highest BCUT2D eigenvalue weighted by Gasteiger charge is 2.68. The summed E-state index contributed by atoms with van der Waals surface area (Å²) in [7, 11) is 1.57. The molecule has 3 aliphatic heterocycles. The number of carbonyl (C=O) groups excluding carboxylic acids is 5. The summed E-state index contributed by atoms with van der Waals surface area (Å²) in [5.41, 5.74) is -0.523. The first-order valence-corrected chi connectivity index (χ1v) is 18.2. The Morgan fingerprint density at radius 2 is 1.48 bits per heavy atom. The summed E-state index contributed by atoms with van der Waals surface area (Å²) >= 11 is 3.00. The van der Waals surface area contributed by atoms with Crippen LogP contribution in [0.2, 0.25) is 0 Å². The first kappa shape index (κ1) is 31.9. The van der Waals surface area contributed by atoms with Gasteiger partial charge in [-0.3, -0.25) is 29.1 Å². The van der Waals surface area contributed by atoms with Crippen molar-refractivity contribution >= 4 is 53.3 Å². The van der Waals surface area contributed by atoms with Crippen molar-refractivity contribution in [3.8, 4) is 0 Å². The van der Waals surface area contributed by atoms with E-state index in [1.807, 2.05) is 13.8 Å². The molecule has 3 saturated heterocycles. The standard InChI is InChI=1S/C32H46N4O6S2/c1-6-43-26(44-7-2)23-24(37)34(14-20-12-30(3,4)13-20)29(41)36(25(23)38)22-8-10-31(11-9-22)18-32(19-31)27(39)33(5)28(40)35(32)15-21-16-42-17-21/h20-22H,6-19H2,1-5H3. The lowest BCUT2D eigenvalue weighted by atomic mass is 9.51. The predicted molar refractivity (Wildman–Crippen MR) is 170 cm³/mol. The van der Waals surface area contributed by atoms with E-state index >= 15 is 0 Å². The van der Waals surface area contributed by atoms with Crippen LogP contribution >= 0.6 is 23.5 Å². The third-order valence-corrected chi connectivity index (χ3v) is 13.0. The summed E-state index contributed by atoms with van der Waals surface area (Å²) in [5.74, 6) is 0.943. The fraction of sp³-hybridized carbons (Fsp3) is 0.781. The molecule has 7 amide bonds. The van der Waals surface area contributed by atoms with Crippen LogP contribution in [0.15, 0.2) is 9.81 Å². The fourth-order valence-corrected chi connectivity index (χ4v) is 11.0. The summed E-state index contributed by atoms with van der Waals surface area (Å²) in [6.45, 7) is 10.5. The van der Waals surface area contributed by atoms with Crippen LogP contribution in [0, 0.1) is 22.7 Å². The molecule has 0 bridgehead atoms. The van der Waals surface area contributed by atoms with E-state index in [1.54, 1.807) is 11.9 Å². The van der Waals surface area contributed by atoms with Crippen molar-refractivity contribution in [1.82, 2.24) is 19.6 Å². The van der Waals surface area contributed by atoms with Crippen molar-refractivity contribution in [1.29, 1.82) is 0 Å². The second kappa shape index (κ2) is 11.6. The first-order chi connectivity index (χ1) is 20.8. The van der Waals surface area contributed by atoms with Gasteiger partial charge in [0.2, 0.25) is 0 Å². The number of carbonyl (C=O) groups is 5. The van der Waals surface area contributed by atoms with Crippen LogP contribution in [0.3, 0.4) is 0 Å². The third kappa shape index (κ3) is 5.20. The van der Waals surface area contributed by atoms with Crippen molar-refractivity contribution in [2.45, 2.75) is 90.6 Å². The monoisotopic (exact) mass is 646 g/mol. The van der Waals surface area contributed by atoms with E-state index in [-0.39, 0.29) is 46.2 Å². The van der Waals surface area contributed by atoms with Crippen LogP contribution in [0.25, 0.3) is 0 Å². The molecule has 0 aromatic carbocycles. The summed E-state index contributed by atoms with van der Waals surface area (Å²) in [6.07, 6.45) is 5.94. The molecule has 3 heterocycles. The molecule has 3 aliphatic carbocycles. The van der Waals surface area contributed by atoms with E-state index < -0.39 is 23.4 Å². The van der Waals surface area contributed by atoms with Crippen LogP contribution in [-0.4, -0.2) is 106 Å². The Kier molecular flexibility index (Phi) is 8.44. The number of rotatable bonds is 9. The molecule has 0 unspecified atom stereocenters. The van der Waals surface area contributed by atoms with Crippen LogP contribution in [-0.2, 0) is 19.1 Å². The molecule has 6 rings (SSSR count). The summed E-state index contributed by atoms with van der Waals surface area (Å²) in [6, 6.07) is -1.000. The molecule has 2 spiro atoms. The number of hydrogen-bond acceptors (Lipinski definition) is 8. The second-order valence-electron chi connectivity index (χ2n) is 14.6. The van der Waals surface area contributed by atoms with E-state index in [0.717, 1.165) is 37.2 Å². The Hall–Kier alpha value is -2.05. The lowest BCUT2D eigenvalue weighted by Gasteiger charge is -2.59. The number of urea groups is 2. The van der Waals surface area contributed by atoms with Gasteiger partial charge in [-0.1, -0.05) is 27.7 Å². The van der Waals surface area contributed by atoms with Crippen LogP contribution in [0.4, 0.5) is 9.59 Å². The Morgan fingerprint density at radius 1 is 0.864 bits per heavy atom. The Bertz CT molecular complexity index is 1260. The van der Waals surface area contributed by atoms with Crippen molar-refractivity contribution < 1.29 is 28.7 Å². The van der Waals surface area contributed by atoms with Gasteiger partial charge in [-0.15, -0.1) is 23.5 Å². The van der Waals surface area contributed by atoms with Crippen LogP contribution in [0.1, 0.15) is 79.1 Å². The lowest BCUT2D eigenvalue weighted by molar-refractivity contribution is -0.153. The van der Waals surface area contributed by atoms with Crippen LogP contribution < -0.4 is 0 Å². The number of barbiturate groups is 1. The molecular weight excluding hydrogens is 601 g/mol. The number of imide groups is 3. The zero-order valence-corrected chi connectivity index (χ0v) is 28.3. The van der Waals surface area contributed by atoms with Gasteiger partial charge >= 0.3 is 12.1 Å². The molecule has 0 aromatic rings. The molecule has 242 valence electrons. The number of likely N-dealkylation sites (N-methyl/N-ethyl adjacent to an activating group) is 1. The van der Waals surface area contributed by atoms with Crippen molar-refractivity contribution in [3.05, 3.63) is 9.81 Å². The molecule has 0 atom stereocenters. The van der Waals surface area contributed by atoms with Gasteiger partial charge in [0.15, 0.2) is 0 Å². The zero-order chi connectivity index (χ0) is 31.6. The molecule has 0 radical (unpaired) electrons. The SMILES string of the molecule is CCSC(SCC)=C1C(=O)N(CC2CC(C)(C)C2)C(=O)N(C2CCC3(CC2)CC2(C3)C(=O)N(C)C(=O)N2CC2COC2)C1=O. The maximum atomic E-state index is 14.1. The van der Waals surface area contributed by atoms with Gasteiger partial charge in [-0.2, -0.15) is 0 Å². The second-order valence-corrected chi connectivity index (χ2v) is 17.4. The Morgan fingerprint density at radius 3 is 2.00 bits per heavy atom. The van der Waals surface area contributed by atoms with Crippen molar-refractivity contribution in [3.63, 3.8) is 0 Å². The van der Waals surface area contributed by atoms with Gasteiger partial charge in [0.05, 0.1) is 17.5 Å². The summed E-state index contributed by atoms with van der Waals surface area (Å²) in [5, 5.41) is 0. The molecule has 0 N–H and O–H groups in total. The Labute approximate surface area is 269 Å². The zero-order valence-electron chi connectivity index (χ0n) is 26.7.